The van der Waals surface area contributed by atoms with E-state index in [9.17, 15) is 74.3 Å². The highest BCUT2D eigenvalue weighted by molar-refractivity contribution is 7.88. The number of allylic oxidation sites excluding steroid dienone is 1. The van der Waals surface area contributed by atoms with Crippen LogP contribution in [0.5, 0.6) is 0 Å². The summed E-state index contributed by atoms with van der Waals surface area (Å²) in [5.74, 6) is -5.26. The van der Waals surface area contributed by atoms with E-state index in [-0.39, 0.29) is 67.8 Å². The second-order valence-electron chi connectivity index (χ2n) is 39.5. The molecule has 0 aliphatic carbocycles. The van der Waals surface area contributed by atoms with Crippen LogP contribution in [0.2, 0.25) is 19.6 Å². The van der Waals surface area contributed by atoms with Gasteiger partial charge < -0.3 is 59.9 Å². The van der Waals surface area contributed by atoms with E-state index in [0.29, 0.717) is 77.4 Å². The van der Waals surface area contributed by atoms with Crippen LogP contribution < -0.4 is 48.6 Å². The lowest BCUT2D eigenvalue weighted by Gasteiger charge is -2.36. The Kier molecular flexibility index (Phi) is 49.7. The molecule has 0 unspecified atom stereocenters. The SMILES string of the molecule is C.C=CCC[C@@H](OC)[C@@H](C)C(=O)N[C@H](C(=O)N[C@@H](Cc1cccc(C)c1)C(=O)N1CCC[C@@H](C(=O)O[C@H](C)c2cccc(C=C)c2)N1)C(C)C.C=Cc1cccc([C@@H](C)OC(=O)[C@@H]2CCCN(C(=O)[C@H](Cc3cccc(C)c3)NC(=O)[C@@H](N)C(C)C)N2)c1.C=Cc1cccc([C@@H](C)OC(=O)[C@@H]2CCCN(C(=O)[C@H](Cc3cccc(C)c3)NC(=O)[C@@H](NC(=O)OC(C)(C)C)C(C)C)N2)c1.C[Si](C)(C)OS(=O)(=O)C(F)(F)F. The first kappa shape index (κ1) is 123. The Morgan fingerprint density at radius 3 is 1.08 bits per heavy atom. The minimum atomic E-state index is -5.39. The van der Waals surface area contributed by atoms with Crippen molar-refractivity contribution in [2.75, 3.05) is 26.7 Å². The molecule has 6 aromatic carbocycles. The smallest absolute Gasteiger partial charge is 0.457 e. The van der Waals surface area contributed by atoms with E-state index in [1.54, 1.807) is 86.8 Å². The third-order valence-electron chi connectivity index (χ3n) is 23.8. The van der Waals surface area contributed by atoms with Gasteiger partial charge in [0.1, 0.15) is 72.2 Å². The molecule has 0 saturated carbocycles. The van der Waals surface area contributed by atoms with E-state index in [0.717, 1.165) is 66.8 Å². The number of alkyl carbamates (subject to hydrolysis) is 1. The molecular weight excluding hydrogens is 1900 g/mol. The van der Waals surface area contributed by atoms with Crippen molar-refractivity contribution in [3.05, 3.63) is 245 Å². The van der Waals surface area contributed by atoms with Gasteiger partial charge in [0.05, 0.1) is 18.1 Å². The van der Waals surface area contributed by atoms with Crippen molar-refractivity contribution < 1.29 is 102 Å². The average molecular weight is 2050 g/mol. The third-order valence-corrected chi connectivity index (χ3v) is 27.3. The molecule has 6 aromatic rings. The number of rotatable bonds is 40. The molecule has 9 rings (SSSR count). The van der Waals surface area contributed by atoms with Crippen molar-refractivity contribution >= 4 is 102 Å². The van der Waals surface area contributed by atoms with Crippen LogP contribution in [0.4, 0.5) is 18.0 Å². The number of esters is 3. The predicted molar refractivity (Wildman–Crippen MR) is 560 cm³/mol. The average Bonchev–Trinajstić information content (AvgIpc) is 0.838. The van der Waals surface area contributed by atoms with Gasteiger partial charge in [0.15, 0.2) is 0 Å². The Bertz CT molecular complexity index is 5480. The van der Waals surface area contributed by atoms with Crippen LogP contribution in [0.3, 0.4) is 0 Å². The van der Waals surface area contributed by atoms with Crippen LogP contribution in [0.15, 0.2) is 178 Å². The molecule has 145 heavy (non-hydrogen) atoms. The normalized spacial score (nSPS) is 17.2. The molecule has 796 valence electrons. The maximum Gasteiger partial charge on any atom is 0.522 e. The largest absolute Gasteiger partial charge is 0.522 e. The van der Waals surface area contributed by atoms with Gasteiger partial charge in [0, 0.05) is 46.0 Å². The van der Waals surface area contributed by atoms with Crippen LogP contribution in [0, 0.1) is 44.4 Å². The molecule has 3 fully saturated rings. The number of benzene rings is 6. The number of halogens is 3. The fourth-order valence-corrected chi connectivity index (χ4v) is 18.8. The summed E-state index contributed by atoms with van der Waals surface area (Å²) in [4.78, 5) is 147. The van der Waals surface area contributed by atoms with E-state index in [4.69, 9.17) is 29.4 Å². The number of hydrazine groups is 3. The van der Waals surface area contributed by atoms with Crippen molar-refractivity contribution in [3.8, 4) is 0 Å². The van der Waals surface area contributed by atoms with E-state index < -0.39 is 150 Å². The molecule has 3 aliphatic rings. The maximum absolute atomic E-state index is 14.1. The zero-order valence-electron chi connectivity index (χ0n) is 86.9. The summed E-state index contributed by atoms with van der Waals surface area (Å²) in [6, 6.07) is 38.6. The van der Waals surface area contributed by atoms with E-state index in [2.05, 4.69) is 73.0 Å². The number of methoxy groups -OCH3 is 1. The minimum Gasteiger partial charge on any atom is -0.457 e. The Balaban J connectivity index is 0.000000362. The summed E-state index contributed by atoms with van der Waals surface area (Å²) in [6.07, 6.45) is 9.81. The number of ether oxygens (including phenoxy) is 5. The lowest BCUT2D eigenvalue weighted by Crippen LogP contribution is -2.62. The van der Waals surface area contributed by atoms with Gasteiger partial charge in [-0.1, -0.05) is 244 Å². The highest BCUT2D eigenvalue weighted by Crippen LogP contribution is 2.30. The van der Waals surface area contributed by atoms with Gasteiger partial charge in [0.2, 0.25) is 31.9 Å². The Labute approximate surface area is 856 Å². The zero-order valence-corrected chi connectivity index (χ0v) is 88.7. The molecule has 0 bridgehead atoms. The summed E-state index contributed by atoms with van der Waals surface area (Å²) >= 11 is 0. The Morgan fingerprint density at radius 1 is 0.476 bits per heavy atom. The highest BCUT2D eigenvalue weighted by Gasteiger charge is 2.50. The fraction of sp³-hybridized carbons (Fsp3) is 0.495. The van der Waals surface area contributed by atoms with Gasteiger partial charge >= 0.3 is 39.6 Å². The van der Waals surface area contributed by atoms with E-state index in [1.807, 2.05) is 201 Å². The highest BCUT2D eigenvalue weighted by atomic mass is 32.2. The number of amides is 8. The first-order chi connectivity index (χ1) is 67.6. The zero-order chi connectivity index (χ0) is 107. The van der Waals surface area contributed by atoms with Crippen molar-refractivity contribution in [2.24, 2.45) is 29.4 Å². The molecule has 0 aromatic heterocycles. The lowest BCUT2D eigenvalue weighted by atomic mass is 9.96. The molecule has 31 nitrogen and oxygen atoms in total. The van der Waals surface area contributed by atoms with Crippen LogP contribution in [-0.2, 0) is 105 Å². The third kappa shape index (κ3) is 40.7. The van der Waals surface area contributed by atoms with Crippen LogP contribution in [0.1, 0.15) is 234 Å². The first-order valence-corrected chi connectivity index (χ1v) is 53.7. The second-order valence-corrected chi connectivity index (χ2v) is 45.7. The number of carbonyl (C=O) groups excluding carboxylic acids is 11. The molecule has 0 spiro atoms. The number of carbonyl (C=O) groups is 11. The standard InChI is InChI=1S/C39H54N4O6.C35H48N4O6.C30H40N4O4.C4H9F3O3SSi.CH4/c1-9-11-20-34(48-8)27(6)36(44)41-35(25(3)4)37(45)40-33(24-30-17-12-15-26(5)22-30)38(46)43-21-14-19-32(42-43)39(47)49-28(7)31-18-13-16-29(10-2)23-31;1-9-25-14-11-16-27(20-25)24(5)44-33(42)28-17-12-18-39(38-28)32(41)29(21-26-15-10-13-23(4)19-26)36-31(40)30(22(2)3)37-34(43)45-35(6,7)8;1-6-22-11-8-13-24(17-22)21(5)38-30(37)25-14-9-15-34(33-25)29(36)26(32-28(35)27(31)19(2)3)18-23-12-7-10-20(4)16-23;1-12(2,3)10-11(8,9)4(5,6)7;/h9-10,12-13,15-18,22-23,25,27-28,32-35,42H,1-2,11,14,19-21,24H2,3-8H3,(H,40,45)(H,41,44);9-11,13-16,19-20,22,24,28-30,38H,1,12,17-18,21H2,2-8H3,(H,36,40)(H,37,43);6-8,10-13,16-17,19,21,25-27,33H,1,9,14-15,18,31H2,2-5H3,(H,32,35);1-3H3;1H4/t27-,28-,32+,33+,34-,35+;24-,28+,29+,30+;21-,25+,26+,27+;;/m111../s1. The Morgan fingerprint density at radius 2 is 0.800 bits per heavy atom. The molecular formula is C109H155F3N12O19SSi. The van der Waals surface area contributed by atoms with Gasteiger partial charge in [-0.25, -0.2) is 21.1 Å². The number of nitrogens with one attached hydrogen (secondary N) is 8. The molecule has 10 N–H and O–H groups in total. The molecule has 3 aliphatic heterocycles. The quantitative estimate of drug-likeness (QED) is 0.00567. The molecule has 8 amide bonds. The first-order valence-electron chi connectivity index (χ1n) is 48.9. The molecule has 0 radical (unpaired) electrons. The summed E-state index contributed by atoms with van der Waals surface area (Å²) < 4.78 is 87.9. The van der Waals surface area contributed by atoms with Gasteiger partial charge in [0.25, 0.3) is 17.7 Å². The van der Waals surface area contributed by atoms with Gasteiger partial charge in [-0.05, 0) is 219 Å². The monoisotopic (exact) mass is 2050 g/mol. The summed E-state index contributed by atoms with van der Waals surface area (Å²) in [7, 11) is -6.54. The second kappa shape index (κ2) is 58.3. The van der Waals surface area contributed by atoms with Crippen molar-refractivity contribution in [1.82, 2.24) is 57.9 Å². The molecule has 3 heterocycles. The molecule has 36 heteroatoms. The van der Waals surface area contributed by atoms with Crippen LogP contribution in [0.25, 0.3) is 18.2 Å². The number of hydrogen-bond donors (Lipinski definition) is 9. The summed E-state index contributed by atoms with van der Waals surface area (Å²) in [5, 5.41) is 18.5. The lowest BCUT2D eigenvalue weighted by molar-refractivity contribution is -0.158. The Hall–Kier alpha value is -12.0. The maximum atomic E-state index is 14.1. The number of hydrogen-bond acceptors (Lipinski definition) is 23. The van der Waals surface area contributed by atoms with Crippen LogP contribution in [-0.4, -0.2) is 195 Å². The van der Waals surface area contributed by atoms with E-state index >= 15 is 0 Å². The van der Waals surface area contributed by atoms with Crippen molar-refractivity contribution in [1.29, 1.82) is 0 Å². The van der Waals surface area contributed by atoms with Crippen molar-refractivity contribution in [3.63, 3.8) is 0 Å². The number of nitrogens with two attached hydrogens (primary N) is 1. The number of nitrogens with zero attached hydrogens (tertiary/aromatic N) is 3. The van der Waals surface area contributed by atoms with Crippen LogP contribution >= 0.6 is 0 Å². The van der Waals surface area contributed by atoms with Gasteiger partial charge in [-0.15, -0.1) is 6.58 Å². The molecule has 14 atom stereocenters. The number of aryl methyl sites for hydroxylation is 3. The van der Waals surface area contributed by atoms with E-state index in [1.165, 1.54) is 34.7 Å². The van der Waals surface area contributed by atoms with Gasteiger partial charge in [-0.2, -0.15) is 21.6 Å². The summed E-state index contributed by atoms with van der Waals surface area (Å²) in [5.41, 5.74) is 20.2. The van der Waals surface area contributed by atoms with Crippen molar-refractivity contribution in [2.45, 2.75) is 298 Å². The number of alkyl halides is 3. The minimum absolute atomic E-state index is 0. The topological polar surface area (TPSA) is 409 Å². The van der Waals surface area contributed by atoms with Gasteiger partial charge in [-0.3, -0.25) is 63.0 Å². The fourth-order valence-electron chi connectivity index (χ4n) is 15.8. The summed E-state index contributed by atoms with van der Waals surface area (Å²) in [6.45, 7) is 49.6. The molecule has 3 saturated heterocycles. The predicted octanol–water partition coefficient (Wildman–Crippen LogP) is 16.0.